The Balaban J connectivity index is 2.17. The van der Waals surface area contributed by atoms with E-state index in [4.69, 9.17) is 0 Å². The maximum absolute atomic E-state index is 11.3. The number of hydrogen-bond donors (Lipinski definition) is 2. The Morgan fingerprint density at radius 1 is 1.53 bits per heavy atom. The quantitative estimate of drug-likeness (QED) is 0.671. The summed E-state index contributed by atoms with van der Waals surface area (Å²) in [6.07, 6.45) is 2.57. The Hall–Kier alpha value is -0.610. The molecule has 0 unspecified atom stereocenters. The molecule has 1 aliphatic rings. The van der Waals surface area contributed by atoms with E-state index in [1.807, 2.05) is 0 Å². The van der Waals surface area contributed by atoms with Crippen LogP contribution in [0.4, 0.5) is 0 Å². The van der Waals surface area contributed by atoms with Crippen LogP contribution < -0.4 is 5.32 Å². The molecular formula is C11H22N2O2. The van der Waals surface area contributed by atoms with Crippen LogP contribution in [0.3, 0.4) is 0 Å². The minimum atomic E-state index is -1.27. The Kier molecular flexibility index (Phi) is 4.11. The molecule has 1 rings (SSSR count). The summed E-state index contributed by atoms with van der Waals surface area (Å²) in [5.74, 6) is -0.297. The van der Waals surface area contributed by atoms with Crippen molar-refractivity contribution in [3.05, 3.63) is 0 Å². The summed E-state index contributed by atoms with van der Waals surface area (Å²) in [6.45, 7) is 7.66. The topological polar surface area (TPSA) is 52.6 Å². The largest absolute Gasteiger partial charge is 0.381 e. The van der Waals surface area contributed by atoms with Crippen molar-refractivity contribution in [2.75, 3.05) is 19.6 Å². The van der Waals surface area contributed by atoms with E-state index in [-0.39, 0.29) is 5.91 Å². The van der Waals surface area contributed by atoms with Gasteiger partial charge in [0, 0.05) is 19.1 Å². The first kappa shape index (κ1) is 12.5. The van der Waals surface area contributed by atoms with Crippen LogP contribution in [0.1, 0.15) is 33.6 Å². The number of amides is 1. The molecule has 0 spiro atoms. The van der Waals surface area contributed by atoms with Gasteiger partial charge < -0.3 is 10.4 Å². The van der Waals surface area contributed by atoms with Gasteiger partial charge in [-0.25, -0.2) is 0 Å². The molecule has 1 saturated carbocycles. The normalized spacial score (nSPS) is 16.9. The highest BCUT2D eigenvalue weighted by atomic mass is 16.3. The van der Waals surface area contributed by atoms with Gasteiger partial charge in [-0.15, -0.1) is 0 Å². The highest BCUT2D eigenvalue weighted by Crippen LogP contribution is 2.25. The minimum absolute atomic E-state index is 0.297. The summed E-state index contributed by atoms with van der Waals surface area (Å²) in [7, 11) is 0. The van der Waals surface area contributed by atoms with E-state index < -0.39 is 5.60 Å². The summed E-state index contributed by atoms with van der Waals surface area (Å²) in [5.41, 5.74) is -1.27. The SMILES string of the molecule is CCN(CCNC(=O)C(C)(C)O)C1CC1. The second kappa shape index (κ2) is 4.94. The van der Waals surface area contributed by atoms with Crippen molar-refractivity contribution in [3.63, 3.8) is 0 Å². The minimum Gasteiger partial charge on any atom is -0.381 e. The van der Waals surface area contributed by atoms with Gasteiger partial charge in [0.2, 0.25) is 0 Å². The monoisotopic (exact) mass is 214 g/mol. The Morgan fingerprint density at radius 2 is 2.13 bits per heavy atom. The van der Waals surface area contributed by atoms with Crippen molar-refractivity contribution in [1.82, 2.24) is 10.2 Å². The van der Waals surface area contributed by atoms with Gasteiger partial charge in [-0.05, 0) is 33.2 Å². The first-order chi connectivity index (χ1) is 6.95. The number of nitrogens with zero attached hydrogens (tertiary/aromatic N) is 1. The molecule has 2 N–H and O–H groups in total. The summed E-state index contributed by atoms with van der Waals surface area (Å²) in [6, 6.07) is 0.731. The van der Waals surface area contributed by atoms with Crippen LogP contribution in [-0.4, -0.2) is 47.2 Å². The molecule has 0 aliphatic heterocycles. The smallest absolute Gasteiger partial charge is 0.251 e. The molecule has 0 heterocycles. The predicted octanol–water partition coefficient (Wildman–Crippen LogP) is 0.358. The maximum Gasteiger partial charge on any atom is 0.251 e. The maximum atomic E-state index is 11.3. The van der Waals surface area contributed by atoms with E-state index >= 15 is 0 Å². The van der Waals surface area contributed by atoms with Crippen molar-refractivity contribution in [2.24, 2.45) is 0 Å². The van der Waals surface area contributed by atoms with Crippen molar-refractivity contribution in [1.29, 1.82) is 0 Å². The van der Waals surface area contributed by atoms with Gasteiger partial charge in [-0.1, -0.05) is 6.92 Å². The lowest BCUT2D eigenvalue weighted by atomic mass is 10.1. The number of carbonyl (C=O) groups excluding carboxylic acids is 1. The number of aliphatic hydroxyl groups is 1. The zero-order valence-corrected chi connectivity index (χ0v) is 9.92. The molecule has 0 aromatic heterocycles. The first-order valence-corrected chi connectivity index (χ1v) is 5.70. The van der Waals surface area contributed by atoms with Gasteiger partial charge in [0.25, 0.3) is 5.91 Å². The lowest BCUT2D eigenvalue weighted by Gasteiger charge is -2.21. The number of hydrogen-bond acceptors (Lipinski definition) is 3. The van der Waals surface area contributed by atoms with Crippen molar-refractivity contribution >= 4 is 5.91 Å². The Bertz CT molecular complexity index is 219. The average Bonchev–Trinajstić information content (AvgIpc) is 2.93. The molecule has 1 amide bonds. The van der Waals surface area contributed by atoms with E-state index in [0.29, 0.717) is 6.54 Å². The molecule has 15 heavy (non-hydrogen) atoms. The summed E-state index contributed by atoms with van der Waals surface area (Å²) in [5, 5.41) is 12.1. The molecule has 88 valence electrons. The number of carbonyl (C=O) groups is 1. The molecule has 0 radical (unpaired) electrons. The number of rotatable bonds is 6. The third-order valence-corrected chi connectivity index (χ3v) is 2.71. The predicted molar refractivity (Wildman–Crippen MR) is 59.6 cm³/mol. The van der Waals surface area contributed by atoms with Gasteiger partial charge in [-0.3, -0.25) is 9.69 Å². The van der Waals surface area contributed by atoms with Gasteiger partial charge in [0.05, 0.1) is 0 Å². The van der Waals surface area contributed by atoms with E-state index in [1.54, 1.807) is 0 Å². The Morgan fingerprint density at radius 3 is 2.53 bits per heavy atom. The molecule has 4 nitrogen and oxygen atoms in total. The third-order valence-electron chi connectivity index (χ3n) is 2.71. The van der Waals surface area contributed by atoms with Crippen molar-refractivity contribution in [3.8, 4) is 0 Å². The van der Waals surface area contributed by atoms with E-state index in [0.717, 1.165) is 19.1 Å². The summed E-state index contributed by atoms with van der Waals surface area (Å²) < 4.78 is 0. The van der Waals surface area contributed by atoms with Crippen LogP contribution in [-0.2, 0) is 4.79 Å². The summed E-state index contributed by atoms with van der Waals surface area (Å²) >= 11 is 0. The molecule has 0 aromatic rings. The van der Waals surface area contributed by atoms with Crippen molar-refractivity contribution in [2.45, 2.75) is 45.3 Å². The highest BCUT2D eigenvalue weighted by Gasteiger charge is 2.28. The van der Waals surface area contributed by atoms with Gasteiger partial charge >= 0.3 is 0 Å². The van der Waals surface area contributed by atoms with Gasteiger partial charge in [-0.2, -0.15) is 0 Å². The zero-order chi connectivity index (χ0) is 11.5. The van der Waals surface area contributed by atoms with Gasteiger partial charge in [0.1, 0.15) is 5.60 Å². The molecule has 0 aromatic carbocycles. The second-order valence-electron chi connectivity index (χ2n) is 4.67. The standard InChI is InChI=1S/C11H22N2O2/c1-4-13(9-5-6-9)8-7-12-10(14)11(2,3)15/h9,15H,4-8H2,1-3H3,(H,12,14). The van der Waals surface area contributed by atoms with E-state index in [9.17, 15) is 9.90 Å². The fraction of sp³-hybridized carbons (Fsp3) is 0.909. The molecule has 0 atom stereocenters. The highest BCUT2D eigenvalue weighted by molar-refractivity contribution is 5.83. The molecule has 1 fully saturated rings. The molecule has 1 aliphatic carbocycles. The molecule has 0 saturated heterocycles. The van der Waals surface area contributed by atoms with Crippen LogP contribution in [0.2, 0.25) is 0 Å². The fourth-order valence-electron chi connectivity index (χ4n) is 1.57. The molecule has 4 heteroatoms. The summed E-state index contributed by atoms with van der Waals surface area (Å²) in [4.78, 5) is 13.7. The van der Waals surface area contributed by atoms with E-state index in [1.165, 1.54) is 26.7 Å². The van der Waals surface area contributed by atoms with Gasteiger partial charge in [0.15, 0.2) is 0 Å². The van der Waals surface area contributed by atoms with Crippen LogP contribution in [0, 0.1) is 0 Å². The fourth-order valence-corrected chi connectivity index (χ4v) is 1.57. The Labute approximate surface area is 91.6 Å². The zero-order valence-electron chi connectivity index (χ0n) is 9.92. The van der Waals surface area contributed by atoms with Crippen LogP contribution in [0.5, 0.6) is 0 Å². The lowest BCUT2D eigenvalue weighted by molar-refractivity contribution is -0.136. The van der Waals surface area contributed by atoms with Crippen LogP contribution >= 0.6 is 0 Å². The van der Waals surface area contributed by atoms with E-state index in [2.05, 4.69) is 17.1 Å². The second-order valence-corrected chi connectivity index (χ2v) is 4.67. The number of nitrogens with one attached hydrogen (secondary N) is 1. The van der Waals surface area contributed by atoms with Crippen molar-refractivity contribution < 1.29 is 9.90 Å². The first-order valence-electron chi connectivity index (χ1n) is 5.70. The molecular weight excluding hydrogens is 192 g/mol. The average molecular weight is 214 g/mol. The molecule has 0 bridgehead atoms. The van der Waals surface area contributed by atoms with Crippen LogP contribution in [0.15, 0.2) is 0 Å². The van der Waals surface area contributed by atoms with Crippen LogP contribution in [0.25, 0.3) is 0 Å². The lowest BCUT2D eigenvalue weighted by Crippen LogP contribution is -2.45. The number of likely N-dealkylation sites (N-methyl/N-ethyl adjacent to an activating group) is 1. The third kappa shape index (κ3) is 4.18.